The molecule has 25 heavy (non-hydrogen) atoms. The average molecular weight is 377 g/mol. The normalized spacial score (nSPS) is 11.0. The Bertz CT molecular complexity index is 882. The number of ether oxygens (including phenoxy) is 1. The third-order valence-corrected chi connectivity index (χ3v) is 5.36. The summed E-state index contributed by atoms with van der Waals surface area (Å²) in [6.07, 6.45) is 2.71. The van der Waals surface area contributed by atoms with Crippen LogP contribution < -0.4 is 0 Å². The summed E-state index contributed by atoms with van der Waals surface area (Å²) >= 11 is 7.64. The fraction of sp³-hybridized carbons (Fsp3) is 0.263. The van der Waals surface area contributed by atoms with Crippen LogP contribution in [0.2, 0.25) is 5.02 Å². The molecule has 0 saturated heterocycles. The summed E-state index contributed by atoms with van der Waals surface area (Å²) in [5, 5.41) is 1.35. The van der Waals surface area contributed by atoms with Gasteiger partial charge in [-0.05, 0) is 43.2 Å². The second-order valence-electron chi connectivity index (χ2n) is 5.65. The maximum absolute atomic E-state index is 13.1. The lowest BCUT2D eigenvalue weighted by Crippen LogP contribution is -1.95. The topological polar surface area (TPSA) is 35.0 Å². The Morgan fingerprint density at radius 1 is 1.20 bits per heavy atom. The van der Waals surface area contributed by atoms with E-state index in [0.717, 1.165) is 38.8 Å². The summed E-state index contributed by atoms with van der Waals surface area (Å²) in [7, 11) is 0. The van der Waals surface area contributed by atoms with E-state index in [1.165, 1.54) is 12.1 Å². The van der Waals surface area contributed by atoms with Crippen molar-refractivity contribution >= 4 is 22.9 Å². The number of hydrogen-bond donors (Lipinski definition) is 0. The molecule has 0 bridgehead atoms. The zero-order valence-corrected chi connectivity index (χ0v) is 15.6. The van der Waals surface area contributed by atoms with E-state index in [1.54, 1.807) is 17.4 Å². The maximum atomic E-state index is 13.1. The highest BCUT2D eigenvalue weighted by Crippen LogP contribution is 2.29. The Morgan fingerprint density at radius 3 is 2.80 bits per heavy atom. The van der Waals surface area contributed by atoms with Crippen LogP contribution in [0.25, 0.3) is 10.6 Å². The van der Waals surface area contributed by atoms with Crippen LogP contribution in [-0.2, 0) is 24.4 Å². The van der Waals surface area contributed by atoms with Gasteiger partial charge in [0.25, 0.3) is 0 Å². The summed E-state index contributed by atoms with van der Waals surface area (Å²) in [5.74, 6) is -0.347. The molecular formula is C19H18ClFN2OS. The molecule has 0 atom stereocenters. The molecule has 0 amide bonds. The van der Waals surface area contributed by atoms with Crippen molar-refractivity contribution in [1.82, 2.24) is 9.97 Å². The molecule has 3 rings (SSSR count). The molecule has 1 aromatic carbocycles. The zero-order chi connectivity index (χ0) is 17.8. The van der Waals surface area contributed by atoms with Gasteiger partial charge in [0, 0.05) is 22.5 Å². The van der Waals surface area contributed by atoms with Crippen LogP contribution in [0.15, 0.2) is 36.5 Å². The van der Waals surface area contributed by atoms with Gasteiger partial charge in [0.2, 0.25) is 0 Å². The highest BCUT2D eigenvalue weighted by Gasteiger charge is 2.11. The molecule has 2 aromatic heterocycles. The van der Waals surface area contributed by atoms with Crippen molar-refractivity contribution in [3.05, 3.63) is 69.2 Å². The van der Waals surface area contributed by atoms with Crippen LogP contribution in [-0.4, -0.2) is 9.97 Å². The van der Waals surface area contributed by atoms with E-state index in [0.29, 0.717) is 18.2 Å². The second kappa shape index (κ2) is 8.04. The van der Waals surface area contributed by atoms with Crippen LogP contribution in [0, 0.1) is 12.7 Å². The summed E-state index contributed by atoms with van der Waals surface area (Å²) in [4.78, 5) is 10.0. The first kappa shape index (κ1) is 18.0. The highest BCUT2D eigenvalue weighted by molar-refractivity contribution is 7.15. The first-order valence-electron chi connectivity index (χ1n) is 8.00. The van der Waals surface area contributed by atoms with Crippen LogP contribution in [0.5, 0.6) is 0 Å². The molecule has 0 unspecified atom stereocenters. The van der Waals surface area contributed by atoms with Crippen molar-refractivity contribution in [2.75, 3.05) is 0 Å². The number of hydrogen-bond acceptors (Lipinski definition) is 4. The first-order chi connectivity index (χ1) is 12.1. The molecule has 0 radical (unpaired) electrons. The Labute approximate surface area is 155 Å². The van der Waals surface area contributed by atoms with Crippen LogP contribution in [0.1, 0.15) is 28.8 Å². The van der Waals surface area contributed by atoms with Crippen LogP contribution in [0.4, 0.5) is 4.39 Å². The van der Waals surface area contributed by atoms with Gasteiger partial charge >= 0.3 is 0 Å². The Balaban J connectivity index is 1.68. The Morgan fingerprint density at radius 2 is 2.04 bits per heavy atom. The fourth-order valence-corrected chi connectivity index (χ4v) is 3.60. The smallest absolute Gasteiger partial charge is 0.124 e. The summed E-state index contributed by atoms with van der Waals surface area (Å²) < 4.78 is 18.8. The van der Waals surface area contributed by atoms with Crippen molar-refractivity contribution in [1.29, 1.82) is 0 Å². The van der Waals surface area contributed by atoms with Crippen molar-refractivity contribution in [3.8, 4) is 10.6 Å². The maximum Gasteiger partial charge on any atom is 0.124 e. The van der Waals surface area contributed by atoms with Crippen molar-refractivity contribution in [2.24, 2.45) is 0 Å². The summed E-state index contributed by atoms with van der Waals surface area (Å²) in [6, 6.07) is 8.37. The van der Waals surface area contributed by atoms with E-state index >= 15 is 0 Å². The standard InChI is InChI=1S/C19H18ClFN2OS/c1-3-16-8-13(6-7-22-16)19-23-12(2)18(25-19)11-24-10-14-4-5-15(21)9-17(14)20/h4-9H,3,10-11H2,1-2H3. The molecule has 6 heteroatoms. The number of halogens is 2. The lowest BCUT2D eigenvalue weighted by atomic mass is 10.2. The van der Waals surface area contributed by atoms with Crippen LogP contribution >= 0.6 is 22.9 Å². The van der Waals surface area contributed by atoms with Crippen molar-refractivity contribution in [2.45, 2.75) is 33.5 Å². The molecule has 0 aliphatic rings. The molecule has 0 saturated carbocycles. The largest absolute Gasteiger partial charge is 0.371 e. The molecule has 0 fully saturated rings. The quantitative estimate of drug-likeness (QED) is 0.562. The molecule has 3 nitrogen and oxygen atoms in total. The number of benzene rings is 1. The third kappa shape index (κ3) is 4.42. The van der Waals surface area contributed by atoms with Gasteiger partial charge in [0.1, 0.15) is 10.8 Å². The van der Waals surface area contributed by atoms with Gasteiger partial charge in [-0.2, -0.15) is 0 Å². The van der Waals surface area contributed by atoms with Gasteiger partial charge < -0.3 is 4.74 Å². The predicted molar refractivity (Wildman–Crippen MR) is 99.4 cm³/mol. The molecular weight excluding hydrogens is 359 g/mol. The van der Waals surface area contributed by atoms with Gasteiger partial charge in [-0.3, -0.25) is 4.98 Å². The number of rotatable bonds is 6. The van der Waals surface area contributed by atoms with Crippen LogP contribution in [0.3, 0.4) is 0 Å². The Kier molecular flexibility index (Phi) is 5.78. The number of thiazole rings is 1. The number of pyridine rings is 1. The number of aromatic nitrogens is 2. The third-order valence-electron chi connectivity index (χ3n) is 3.82. The van der Waals surface area contributed by atoms with Gasteiger partial charge in [0.05, 0.1) is 23.8 Å². The molecule has 130 valence electrons. The van der Waals surface area contributed by atoms with Gasteiger partial charge in [-0.15, -0.1) is 11.3 Å². The minimum absolute atomic E-state index is 0.334. The van der Waals surface area contributed by atoms with E-state index in [4.69, 9.17) is 16.3 Å². The van der Waals surface area contributed by atoms with Crippen molar-refractivity contribution in [3.63, 3.8) is 0 Å². The van der Waals surface area contributed by atoms with E-state index in [2.05, 4.69) is 23.0 Å². The lowest BCUT2D eigenvalue weighted by molar-refractivity contribution is 0.109. The minimum Gasteiger partial charge on any atom is -0.371 e. The summed E-state index contributed by atoms with van der Waals surface area (Å²) in [5.41, 5.74) is 3.86. The van der Waals surface area contributed by atoms with Gasteiger partial charge in [-0.25, -0.2) is 9.37 Å². The van der Waals surface area contributed by atoms with E-state index in [-0.39, 0.29) is 5.82 Å². The molecule has 0 spiro atoms. The van der Waals surface area contributed by atoms with E-state index in [9.17, 15) is 4.39 Å². The second-order valence-corrected chi connectivity index (χ2v) is 7.14. The summed E-state index contributed by atoms with van der Waals surface area (Å²) in [6.45, 7) is 4.84. The highest BCUT2D eigenvalue weighted by atomic mass is 35.5. The minimum atomic E-state index is -0.347. The fourth-order valence-electron chi connectivity index (χ4n) is 2.38. The number of aryl methyl sites for hydroxylation is 2. The Hall–Kier alpha value is -1.82. The molecule has 0 aliphatic carbocycles. The SMILES string of the molecule is CCc1cc(-c2nc(C)c(COCc3ccc(F)cc3Cl)s2)ccn1. The van der Waals surface area contributed by atoms with E-state index < -0.39 is 0 Å². The molecule has 3 aromatic rings. The molecule has 0 N–H and O–H groups in total. The lowest BCUT2D eigenvalue weighted by Gasteiger charge is -2.05. The van der Waals surface area contributed by atoms with Crippen molar-refractivity contribution < 1.29 is 9.13 Å². The first-order valence-corrected chi connectivity index (χ1v) is 9.19. The molecule has 0 aliphatic heterocycles. The number of nitrogens with zero attached hydrogens (tertiary/aromatic N) is 2. The van der Waals surface area contributed by atoms with E-state index in [1.807, 2.05) is 19.2 Å². The van der Waals surface area contributed by atoms with Gasteiger partial charge in [0.15, 0.2) is 0 Å². The molecule has 2 heterocycles. The predicted octanol–water partition coefficient (Wildman–Crippen LogP) is 5.59. The monoisotopic (exact) mass is 376 g/mol. The average Bonchev–Trinajstić information content (AvgIpc) is 2.98. The van der Waals surface area contributed by atoms with Gasteiger partial charge in [-0.1, -0.05) is 24.6 Å². The zero-order valence-electron chi connectivity index (χ0n) is 14.1.